The molecule has 1 aliphatic heterocycles. The minimum absolute atomic E-state index is 0.0492. The Bertz CT molecular complexity index is 699. The second-order valence-corrected chi connectivity index (χ2v) is 5.41. The van der Waals surface area contributed by atoms with Gasteiger partial charge in [0.1, 0.15) is 5.69 Å². The lowest BCUT2D eigenvalue weighted by atomic mass is 10.1. The average molecular weight is 322 g/mol. The van der Waals surface area contributed by atoms with Crippen LogP contribution in [0.15, 0.2) is 30.5 Å². The highest BCUT2D eigenvalue weighted by Crippen LogP contribution is 2.17. The van der Waals surface area contributed by atoms with Crippen molar-refractivity contribution < 1.29 is 18.7 Å². The fourth-order valence-corrected chi connectivity index (χ4v) is 2.52. The zero-order valence-corrected chi connectivity index (χ0v) is 12.2. The van der Waals surface area contributed by atoms with Crippen LogP contribution < -0.4 is 10.6 Å². The number of carbonyl (C=O) groups is 1. The molecule has 1 saturated heterocycles. The third kappa shape index (κ3) is 3.22. The molecule has 1 aromatic heterocycles. The molecule has 0 spiro atoms. The van der Waals surface area contributed by atoms with Crippen molar-refractivity contribution in [1.29, 1.82) is 0 Å². The summed E-state index contributed by atoms with van der Waals surface area (Å²) in [6.07, 6.45) is 0.822. The highest BCUT2D eigenvalue weighted by molar-refractivity contribution is 5.92. The predicted molar refractivity (Wildman–Crippen MR) is 78.2 cm³/mol. The van der Waals surface area contributed by atoms with Gasteiger partial charge in [0.15, 0.2) is 17.3 Å². The van der Waals surface area contributed by atoms with E-state index in [2.05, 4.69) is 15.7 Å². The van der Waals surface area contributed by atoms with Crippen LogP contribution in [0.2, 0.25) is 0 Å². The monoisotopic (exact) mass is 322 g/mol. The quantitative estimate of drug-likeness (QED) is 0.764. The van der Waals surface area contributed by atoms with Gasteiger partial charge in [-0.2, -0.15) is 5.10 Å². The van der Waals surface area contributed by atoms with E-state index in [1.54, 1.807) is 0 Å². The van der Waals surface area contributed by atoms with Crippen molar-refractivity contribution in [3.63, 3.8) is 0 Å². The number of carbonyl (C=O) groups excluding carboxylic acids is 1. The summed E-state index contributed by atoms with van der Waals surface area (Å²) in [5.41, 5.74) is -0.282. The number of aliphatic hydroxyl groups is 1. The highest BCUT2D eigenvalue weighted by atomic mass is 19.1. The molecule has 1 fully saturated rings. The number of benzene rings is 1. The van der Waals surface area contributed by atoms with Crippen molar-refractivity contribution in [1.82, 2.24) is 20.4 Å². The van der Waals surface area contributed by atoms with Crippen molar-refractivity contribution in [3.8, 4) is 5.69 Å². The molecular weight excluding hydrogens is 306 g/mol. The van der Waals surface area contributed by atoms with Gasteiger partial charge in [-0.1, -0.05) is 6.07 Å². The molecule has 6 nitrogen and oxygen atoms in total. The molecule has 2 aromatic rings. The number of hydrogen-bond acceptors (Lipinski definition) is 4. The number of aromatic nitrogens is 2. The van der Waals surface area contributed by atoms with Gasteiger partial charge >= 0.3 is 0 Å². The Balaban J connectivity index is 1.70. The van der Waals surface area contributed by atoms with Gasteiger partial charge in [0, 0.05) is 31.7 Å². The Labute approximate surface area is 131 Å². The molecule has 0 bridgehead atoms. The minimum Gasteiger partial charge on any atom is -0.391 e. The molecule has 0 radical (unpaired) electrons. The minimum atomic E-state index is -0.764. The van der Waals surface area contributed by atoms with Crippen molar-refractivity contribution >= 4 is 5.91 Å². The molecule has 2 atom stereocenters. The van der Waals surface area contributed by atoms with Crippen molar-refractivity contribution in [2.24, 2.45) is 5.92 Å². The molecule has 23 heavy (non-hydrogen) atoms. The first kappa shape index (κ1) is 15.6. The maximum absolute atomic E-state index is 13.7. The molecule has 0 aliphatic carbocycles. The van der Waals surface area contributed by atoms with Gasteiger partial charge in [-0.25, -0.2) is 13.5 Å². The average Bonchev–Trinajstić information content (AvgIpc) is 3.14. The van der Waals surface area contributed by atoms with Gasteiger partial charge in [0.2, 0.25) is 0 Å². The standard InChI is InChI=1S/C15H16F2N4O2/c16-10-2-1-3-11(17)14(10)21-5-4-12(20-21)15(23)19-7-9-6-18-8-13(9)22/h1-5,9,13,18,22H,6-8H2,(H,19,23). The number of hydrogen-bond donors (Lipinski definition) is 3. The smallest absolute Gasteiger partial charge is 0.271 e. The number of nitrogens with one attached hydrogen (secondary N) is 2. The number of rotatable bonds is 4. The fraction of sp³-hybridized carbons (Fsp3) is 0.333. The van der Waals surface area contributed by atoms with Crippen LogP contribution in [0.4, 0.5) is 8.78 Å². The Morgan fingerprint density at radius 1 is 1.35 bits per heavy atom. The summed E-state index contributed by atoms with van der Waals surface area (Å²) in [7, 11) is 0. The van der Waals surface area contributed by atoms with E-state index in [-0.39, 0.29) is 17.3 Å². The van der Waals surface area contributed by atoms with Gasteiger partial charge in [-0.15, -0.1) is 0 Å². The summed E-state index contributed by atoms with van der Waals surface area (Å²) < 4.78 is 28.4. The largest absolute Gasteiger partial charge is 0.391 e. The summed E-state index contributed by atoms with van der Waals surface area (Å²) in [5, 5.41) is 19.3. The van der Waals surface area contributed by atoms with E-state index < -0.39 is 23.6 Å². The zero-order valence-electron chi connectivity index (χ0n) is 12.2. The number of nitrogens with zero attached hydrogens (tertiary/aromatic N) is 2. The molecule has 1 amide bonds. The maximum Gasteiger partial charge on any atom is 0.271 e. The maximum atomic E-state index is 13.7. The lowest BCUT2D eigenvalue weighted by Crippen LogP contribution is -2.34. The molecule has 3 N–H and O–H groups in total. The second-order valence-electron chi connectivity index (χ2n) is 5.41. The fourth-order valence-electron chi connectivity index (χ4n) is 2.52. The first-order valence-electron chi connectivity index (χ1n) is 7.23. The Morgan fingerprint density at radius 2 is 2.09 bits per heavy atom. The molecule has 0 saturated carbocycles. The predicted octanol–water partition coefficient (Wildman–Crippen LogP) is 0.461. The number of β-amino-alcohol motifs (C(OH)–C–C–N with tert-alkyl or cyclic N) is 1. The van der Waals surface area contributed by atoms with Crippen LogP contribution in [-0.4, -0.2) is 46.5 Å². The number of aliphatic hydroxyl groups excluding tert-OH is 1. The third-order valence-electron chi connectivity index (χ3n) is 3.82. The van der Waals surface area contributed by atoms with Crippen LogP contribution in [0.25, 0.3) is 5.69 Å². The van der Waals surface area contributed by atoms with Gasteiger partial charge in [-0.05, 0) is 18.2 Å². The van der Waals surface area contributed by atoms with Crippen molar-refractivity contribution in [2.45, 2.75) is 6.10 Å². The summed E-state index contributed by atoms with van der Waals surface area (Å²) in [5.74, 6) is -2.05. The van der Waals surface area contributed by atoms with Crippen LogP contribution in [0.1, 0.15) is 10.5 Å². The Hall–Kier alpha value is -2.32. The summed E-state index contributed by atoms with van der Waals surface area (Å²) in [4.78, 5) is 12.0. The van der Waals surface area contributed by atoms with E-state index in [0.29, 0.717) is 19.6 Å². The molecule has 1 aromatic carbocycles. The SMILES string of the molecule is O=C(NCC1CNCC1O)c1ccn(-c2c(F)cccc2F)n1. The molecule has 2 heterocycles. The Kier molecular flexibility index (Phi) is 4.35. The van der Waals surface area contributed by atoms with Crippen LogP contribution in [0.5, 0.6) is 0 Å². The number of halogens is 2. The second kappa shape index (κ2) is 6.43. The lowest BCUT2D eigenvalue weighted by molar-refractivity contribution is 0.0921. The molecule has 8 heteroatoms. The topological polar surface area (TPSA) is 79.2 Å². The molecule has 122 valence electrons. The molecular formula is C15H16F2N4O2. The van der Waals surface area contributed by atoms with Gasteiger partial charge in [0.05, 0.1) is 6.10 Å². The Morgan fingerprint density at radius 3 is 2.74 bits per heavy atom. The van der Waals surface area contributed by atoms with Crippen LogP contribution in [0, 0.1) is 17.6 Å². The molecule has 2 unspecified atom stereocenters. The van der Waals surface area contributed by atoms with Crippen molar-refractivity contribution in [2.75, 3.05) is 19.6 Å². The molecule has 1 aliphatic rings. The molecule has 3 rings (SSSR count). The first-order valence-corrected chi connectivity index (χ1v) is 7.23. The van der Waals surface area contributed by atoms with E-state index in [0.717, 1.165) is 16.8 Å². The van der Waals surface area contributed by atoms with Gasteiger partial charge < -0.3 is 15.7 Å². The normalized spacial score (nSPS) is 20.7. The summed E-state index contributed by atoms with van der Waals surface area (Å²) in [6, 6.07) is 4.87. The van der Waals surface area contributed by atoms with E-state index >= 15 is 0 Å². The number of amides is 1. The van der Waals surface area contributed by atoms with Gasteiger partial charge in [-0.3, -0.25) is 4.79 Å². The van der Waals surface area contributed by atoms with E-state index in [1.165, 1.54) is 18.3 Å². The van der Waals surface area contributed by atoms with Crippen LogP contribution in [0.3, 0.4) is 0 Å². The highest BCUT2D eigenvalue weighted by Gasteiger charge is 2.25. The summed E-state index contributed by atoms with van der Waals surface area (Å²) >= 11 is 0. The van der Waals surface area contributed by atoms with Crippen LogP contribution in [-0.2, 0) is 0 Å². The van der Waals surface area contributed by atoms with Gasteiger partial charge in [0.25, 0.3) is 5.91 Å². The van der Waals surface area contributed by atoms with E-state index in [4.69, 9.17) is 0 Å². The van der Waals surface area contributed by atoms with E-state index in [1.807, 2.05) is 0 Å². The summed E-state index contributed by atoms with van der Waals surface area (Å²) in [6.45, 7) is 1.42. The van der Waals surface area contributed by atoms with E-state index in [9.17, 15) is 18.7 Å². The third-order valence-corrected chi connectivity index (χ3v) is 3.82. The van der Waals surface area contributed by atoms with Crippen LogP contribution >= 0.6 is 0 Å². The first-order chi connectivity index (χ1) is 11.1. The lowest BCUT2D eigenvalue weighted by Gasteiger charge is -2.13. The number of para-hydroxylation sites is 1. The zero-order chi connectivity index (χ0) is 16.4. The van der Waals surface area contributed by atoms with Crippen molar-refractivity contribution in [3.05, 3.63) is 47.8 Å².